The van der Waals surface area contributed by atoms with Crippen molar-refractivity contribution in [1.82, 2.24) is 14.9 Å². The maximum atomic E-state index is 15.1. The summed E-state index contributed by atoms with van der Waals surface area (Å²) < 4.78 is 73.3. The Kier molecular flexibility index (Phi) is 10.6. The second-order valence-corrected chi connectivity index (χ2v) is 15.8. The molecule has 1 N–H and O–H groups in total. The smallest absolute Gasteiger partial charge is 0.273 e. The normalized spacial score (nSPS) is 15.4. The van der Waals surface area contributed by atoms with E-state index in [1.165, 1.54) is 18.5 Å². The van der Waals surface area contributed by atoms with Gasteiger partial charge in [0.25, 0.3) is 10.0 Å². The van der Waals surface area contributed by atoms with Crippen LogP contribution in [0.4, 0.5) is 17.3 Å². The molecule has 2 fully saturated rings. The van der Waals surface area contributed by atoms with Crippen LogP contribution in [-0.2, 0) is 27.8 Å². The first-order valence-electron chi connectivity index (χ1n) is 18.7. The van der Waals surface area contributed by atoms with Crippen molar-refractivity contribution < 1.29 is 41.4 Å². The van der Waals surface area contributed by atoms with Crippen molar-refractivity contribution in [2.45, 2.75) is 55.7 Å². The quantitative estimate of drug-likeness (QED) is 0.101. The average Bonchev–Trinajstić information content (AvgIpc) is 3.57. The summed E-state index contributed by atoms with van der Waals surface area (Å²) in [5.41, 5.74) is 4.43. The van der Waals surface area contributed by atoms with Crippen molar-refractivity contribution in [1.29, 1.82) is 0 Å². The molecule has 15 heteroatoms. The second kappa shape index (κ2) is 15.9. The predicted molar refractivity (Wildman–Crippen MR) is 214 cm³/mol. The van der Waals surface area contributed by atoms with Gasteiger partial charge in [0.05, 0.1) is 71.5 Å². The predicted octanol–water partition coefficient (Wildman–Crippen LogP) is 7.98. The lowest BCUT2D eigenvalue weighted by Crippen LogP contribution is -2.31. The maximum Gasteiger partial charge on any atom is 0.273 e. The minimum atomic E-state index is -4.46. The summed E-state index contributed by atoms with van der Waals surface area (Å²) in [6, 6.07) is 24.0. The Bertz CT molecular complexity index is 2450. The van der Waals surface area contributed by atoms with Crippen LogP contribution in [0, 0.1) is 0 Å². The van der Waals surface area contributed by atoms with Crippen LogP contribution >= 0.6 is 0 Å². The van der Waals surface area contributed by atoms with E-state index in [0.717, 1.165) is 54.1 Å². The van der Waals surface area contributed by atoms with Crippen molar-refractivity contribution in [3.05, 3.63) is 101 Å². The summed E-state index contributed by atoms with van der Waals surface area (Å²) in [6.07, 6.45) is 3.71. The molecule has 8 rings (SSSR count). The van der Waals surface area contributed by atoms with E-state index >= 15 is 8.42 Å². The molecule has 4 aromatic carbocycles. The molecule has 1 saturated heterocycles. The molecule has 2 aromatic heterocycles. The lowest BCUT2D eigenvalue weighted by molar-refractivity contribution is 0.111. The van der Waals surface area contributed by atoms with Crippen LogP contribution < -0.4 is 33.3 Å². The highest BCUT2D eigenvalue weighted by atomic mass is 32.2. The molecule has 3 heterocycles. The fourth-order valence-electron chi connectivity index (χ4n) is 7.14. The van der Waals surface area contributed by atoms with Gasteiger partial charge in [-0.15, -0.1) is 0 Å². The molecule has 298 valence electrons. The zero-order chi connectivity index (χ0) is 39.7. The molecular formula is C42H45N5O9S. The maximum absolute atomic E-state index is 15.1. The minimum absolute atomic E-state index is 0.0542. The Hall–Kier alpha value is -5.93. The van der Waals surface area contributed by atoms with Crippen LogP contribution in [0.15, 0.2) is 88.3 Å². The molecule has 1 saturated carbocycles. The molecule has 2 aliphatic rings. The number of aromatic nitrogens is 3. The molecule has 6 aromatic rings. The van der Waals surface area contributed by atoms with E-state index in [1.54, 1.807) is 69.9 Å². The zero-order valence-electron chi connectivity index (χ0n) is 32.5. The van der Waals surface area contributed by atoms with Crippen LogP contribution in [-0.4, -0.2) is 65.5 Å². The molecule has 1 atom stereocenters. The lowest BCUT2D eigenvalue weighted by Gasteiger charge is -2.25. The van der Waals surface area contributed by atoms with E-state index in [1.807, 2.05) is 28.9 Å². The van der Waals surface area contributed by atoms with Gasteiger partial charge in [-0.05, 0) is 84.8 Å². The Morgan fingerprint density at radius 3 is 2.02 bits per heavy atom. The number of sulfonamides is 1. The van der Waals surface area contributed by atoms with E-state index in [9.17, 15) is 0 Å². The topological polar surface area (TPSA) is 149 Å². The number of hydrogen-bond donors (Lipinski definition) is 1. The molecule has 0 bridgehead atoms. The van der Waals surface area contributed by atoms with Gasteiger partial charge in [0.15, 0.2) is 16.3 Å². The first-order chi connectivity index (χ1) is 27.7. The third-order valence-electron chi connectivity index (χ3n) is 10.4. The van der Waals surface area contributed by atoms with Crippen molar-refractivity contribution >= 4 is 38.3 Å². The van der Waals surface area contributed by atoms with Gasteiger partial charge in [0.1, 0.15) is 34.6 Å². The minimum Gasteiger partial charge on any atom is -0.497 e. The van der Waals surface area contributed by atoms with Crippen molar-refractivity contribution in [2.24, 2.45) is 0 Å². The number of nitrogens with one attached hydrogen (secondary N) is 1. The van der Waals surface area contributed by atoms with Gasteiger partial charge in [-0.1, -0.05) is 29.4 Å². The lowest BCUT2D eigenvalue weighted by atomic mass is 10.1. The number of nitrogens with zero attached hydrogens (tertiary/aromatic N) is 4. The van der Waals surface area contributed by atoms with E-state index in [-0.39, 0.29) is 34.9 Å². The summed E-state index contributed by atoms with van der Waals surface area (Å²) in [5, 5.41) is 13.3. The van der Waals surface area contributed by atoms with Gasteiger partial charge in [-0.3, -0.25) is 0 Å². The van der Waals surface area contributed by atoms with Gasteiger partial charge in [-0.25, -0.2) is 17.4 Å². The fraction of sp³-hybridized carbons (Fsp3) is 0.333. The number of rotatable bonds is 16. The summed E-state index contributed by atoms with van der Waals surface area (Å²) in [6.45, 7) is 1.04. The number of benzene rings is 4. The highest BCUT2D eigenvalue weighted by Gasteiger charge is 2.37. The van der Waals surface area contributed by atoms with E-state index < -0.39 is 10.0 Å². The summed E-state index contributed by atoms with van der Waals surface area (Å²) in [5.74, 6) is 3.33. The number of fused-ring (bicyclic) bond motifs is 1. The monoisotopic (exact) mass is 795 g/mol. The molecule has 1 aliphatic heterocycles. The van der Waals surface area contributed by atoms with Gasteiger partial charge in [0.2, 0.25) is 0 Å². The van der Waals surface area contributed by atoms with E-state index in [4.69, 9.17) is 38.0 Å². The highest BCUT2D eigenvalue weighted by molar-refractivity contribution is 7.93. The number of hydrogen-bond acceptors (Lipinski definition) is 12. The third kappa shape index (κ3) is 7.64. The molecule has 14 nitrogen and oxygen atoms in total. The van der Waals surface area contributed by atoms with Crippen LogP contribution in [0.3, 0.4) is 0 Å². The van der Waals surface area contributed by atoms with Gasteiger partial charge >= 0.3 is 0 Å². The van der Waals surface area contributed by atoms with Crippen molar-refractivity contribution in [3.8, 4) is 28.7 Å². The molecule has 1 aliphatic carbocycles. The van der Waals surface area contributed by atoms with Gasteiger partial charge in [-0.2, -0.15) is 5.10 Å². The van der Waals surface area contributed by atoms with Crippen LogP contribution in [0.1, 0.15) is 60.1 Å². The van der Waals surface area contributed by atoms with Crippen LogP contribution in [0.2, 0.25) is 0 Å². The fourth-order valence-corrected chi connectivity index (χ4v) is 8.83. The Labute approximate surface area is 331 Å². The summed E-state index contributed by atoms with van der Waals surface area (Å²) in [4.78, 5) is -0.152. The number of anilines is 3. The molecular weight excluding hydrogens is 751 g/mol. The molecule has 57 heavy (non-hydrogen) atoms. The SMILES string of the molecule is COc1ccc(CN(c2noc3cc(Nc4cc(C5CC5)nn4Cc4ccc(OC)cc4)c(OC)cc23)S(=O)(=O)c2c(OC)cc(C3CCCO3)cc2OC)cc1. The summed E-state index contributed by atoms with van der Waals surface area (Å²) >= 11 is 0. The molecule has 0 radical (unpaired) electrons. The Morgan fingerprint density at radius 2 is 1.44 bits per heavy atom. The van der Waals surface area contributed by atoms with Gasteiger partial charge in [0, 0.05) is 24.7 Å². The molecule has 0 spiro atoms. The number of ether oxygens (including phenoxy) is 6. The largest absolute Gasteiger partial charge is 0.497 e. The van der Waals surface area contributed by atoms with E-state index in [2.05, 4.69) is 16.5 Å². The van der Waals surface area contributed by atoms with Crippen LogP contribution in [0.25, 0.3) is 11.0 Å². The van der Waals surface area contributed by atoms with Crippen molar-refractivity contribution in [3.63, 3.8) is 0 Å². The van der Waals surface area contributed by atoms with Crippen LogP contribution in [0.5, 0.6) is 28.7 Å². The Balaban J connectivity index is 1.20. The van der Waals surface area contributed by atoms with Gasteiger partial charge < -0.3 is 38.3 Å². The first-order valence-corrected chi connectivity index (χ1v) is 20.1. The standard InChI is InChI=1S/C42H45N5O9S/c1-50-30-14-8-26(9-15-30)24-46-40(23-33(44-46)28-12-13-28)43-34-22-36-32(21-37(34)52-3)42(45-56-36)47(25-27-10-16-31(51-2)17-11-27)57(48,49)41-38(53-4)19-29(20-39(41)54-5)35-7-6-18-55-35/h8-11,14-17,19-23,28,35,43H,6-7,12-13,18,24-25H2,1-5H3. The third-order valence-corrected chi connectivity index (χ3v) is 12.2. The number of methoxy groups -OCH3 is 5. The Morgan fingerprint density at radius 1 is 0.789 bits per heavy atom. The highest BCUT2D eigenvalue weighted by Crippen LogP contribution is 2.45. The second-order valence-electron chi connectivity index (χ2n) is 14.0. The average molecular weight is 796 g/mol. The van der Waals surface area contributed by atoms with Crippen molar-refractivity contribution in [2.75, 3.05) is 51.8 Å². The zero-order valence-corrected chi connectivity index (χ0v) is 33.3. The molecule has 1 unspecified atom stereocenters. The first kappa shape index (κ1) is 38.0. The molecule has 0 amide bonds. The summed E-state index contributed by atoms with van der Waals surface area (Å²) in [7, 11) is 3.18. The van der Waals surface area contributed by atoms with E-state index in [0.29, 0.717) is 52.8 Å².